The SMILES string of the molecule is CC(C)(C)CC(C)(C)NC(=O)c1ccc(OCC(F)(F)F)nc1. The Kier molecular flexibility index (Phi) is 5.66. The normalized spacial score (nSPS) is 12.9. The van der Waals surface area contributed by atoms with E-state index in [0.717, 1.165) is 6.42 Å². The van der Waals surface area contributed by atoms with E-state index in [1.165, 1.54) is 18.3 Å². The lowest BCUT2D eigenvalue weighted by molar-refractivity contribution is -0.154. The standard InChI is InChI=1S/C16H23F3N2O2/c1-14(2,3)9-15(4,5)21-13(22)11-6-7-12(20-8-11)23-10-16(17,18)19/h6-8H,9-10H2,1-5H3,(H,21,22). The van der Waals surface area contributed by atoms with Gasteiger partial charge in [-0.1, -0.05) is 20.8 Å². The molecule has 130 valence electrons. The van der Waals surface area contributed by atoms with E-state index in [0.29, 0.717) is 0 Å². The Morgan fingerprint density at radius 3 is 2.22 bits per heavy atom. The summed E-state index contributed by atoms with van der Waals surface area (Å²) in [6, 6.07) is 2.64. The monoisotopic (exact) mass is 332 g/mol. The Bertz CT molecular complexity index is 532. The molecule has 1 N–H and O–H groups in total. The van der Waals surface area contributed by atoms with E-state index < -0.39 is 18.3 Å². The number of amides is 1. The van der Waals surface area contributed by atoms with Gasteiger partial charge in [-0.25, -0.2) is 4.98 Å². The lowest BCUT2D eigenvalue weighted by atomic mass is 9.81. The van der Waals surface area contributed by atoms with E-state index in [2.05, 4.69) is 35.8 Å². The number of carbonyl (C=O) groups excluding carboxylic acids is 1. The number of aromatic nitrogens is 1. The third kappa shape index (κ3) is 7.85. The second-order valence-corrected chi connectivity index (χ2v) is 7.36. The van der Waals surface area contributed by atoms with Crippen molar-refractivity contribution in [2.24, 2.45) is 5.41 Å². The number of halogens is 3. The zero-order chi connectivity index (χ0) is 17.9. The fraction of sp³-hybridized carbons (Fsp3) is 0.625. The molecule has 0 radical (unpaired) electrons. The molecule has 7 heteroatoms. The van der Waals surface area contributed by atoms with Crippen LogP contribution in [0, 0.1) is 5.41 Å². The maximum Gasteiger partial charge on any atom is 0.422 e. The van der Waals surface area contributed by atoms with Crippen molar-refractivity contribution in [1.82, 2.24) is 10.3 Å². The lowest BCUT2D eigenvalue weighted by Crippen LogP contribution is -2.45. The van der Waals surface area contributed by atoms with Gasteiger partial charge in [0.15, 0.2) is 6.61 Å². The van der Waals surface area contributed by atoms with Gasteiger partial charge >= 0.3 is 6.18 Å². The number of nitrogens with one attached hydrogen (secondary N) is 1. The van der Waals surface area contributed by atoms with Gasteiger partial charge in [0.05, 0.1) is 5.56 Å². The van der Waals surface area contributed by atoms with Crippen LogP contribution in [0.4, 0.5) is 13.2 Å². The van der Waals surface area contributed by atoms with Crippen molar-refractivity contribution < 1.29 is 22.7 Å². The number of hydrogen-bond acceptors (Lipinski definition) is 3. The molecular weight excluding hydrogens is 309 g/mol. The molecule has 4 nitrogen and oxygen atoms in total. The number of nitrogens with zero attached hydrogens (tertiary/aromatic N) is 1. The molecule has 1 heterocycles. The summed E-state index contributed by atoms with van der Waals surface area (Å²) in [6.07, 6.45) is -2.45. The first-order valence-electron chi connectivity index (χ1n) is 7.26. The van der Waals surface area contributed by atoms with Crippen LogP contribution in [0.3, 0.4) is 0 Å². The summed E-state index contributed by atoms with van der Waals surface area (Å²) in [5.74, 6) is -0.498. The molecule has 0 aromatic carbocycles. The third-order valence-electron chi connectivity index (χ3n) is 2.81. The summed E-state index contributed by atoms with van der Waals surface area (Å²) in [7, 11) is 0. The van der Waals surface area contributed by atoms with Crippen molar-refractivity contribution in [3.8, 4) is 5.88 Å². The summed E-state index contributed by atoms with van der Waals surface area (Å²) in [4.78, 5) is 15.9. The highest BCUT2D eigenvalue weighted by atomic mass is 19.4. The van der Waals surface area contributed by atoms with Crippen molar-refractivity contribution in [3.63, 3.8) is 0 Å². The molecule has 0 unspecified atom stereocenters. The Morgan fingerprint density at radius 2 is 1.78 bits per heavy atom. The molecule has 0 aliphatic rings. The van der Waals surface area contributed by atoms with E-state index in [9.17, 15) is 18.0 Å². The van der Waals surface area contributed by atoms with E-state index in [4.69, 9.17) is 0 Å². The molecular formula is C16H23F3N2O2. The number of pyridine rings is 1. The first kappa shape index (κ1) is 19.3. The number of ether oxygens (including phenoxy) is 1. The molecule has 0 bridgehead atoms. The summed E-state index contributed by atoms with van der Waals surface area (Å²) in [6.45, 7) is 8.67. The minimum Gasteiger partial charge on any atom is -0.468 e. The maximum atomic E-state index is 12.2. The van der Waals surface area contributed by atoms with Crippen LogP contribution in [0.5, 0.6) is 5.88 Å². The summed E-state index contributed by atoms with van der Waals surface area (Å²) < 4.78 is 40.7. The van der Waals surface area contributed by atoms with E-state index >= 15 is 0 Å². The zero-order valence-electron chi connectivity index (χ0n) is 14.0. The van der Waals surface area contributed by atoms with E-state index in [1.54, 1.807) is 0 Å². The molecule has 0 aliphatic carbocycles. The summed E-state index contributed by atoms with van der Waals surface area (Å²) in [5, 5.41) is 2.91. The Hall–Kier alpha value is -1.79. The average Bonchev–Trinajstić information content (AvgIpc) is 2.32. The molecule has 0 saturated carbocycles. The van der Waals surface area contributed by atoms with E-state index in [-0.39, 0.29) is 22.8 Å². The predicted octanol–water partition coefficient (Wildman–Crippen LogP) is 3.97. The van der Waals surface area contributed by atoms with Gasteiger partial charge in [0.1, 0.15) is 0 Å². The van der Waals surface area contributed by atoms with Gasteiger partial charge in [-0.05, 0) is 31.7 Å². The number of hydrogen-bond donors (Lipinski definition) is 1. The van der Waals surface area contributed by atoms with Crippen LogP contribution in [0.15, 0.2) is 18.3 Å². The van der Waals surface area contributed by atoms with Crippen molar-refractivity contribution in [2.75, 3.05) is 6.61 Å². The Morgan fingerprint density at radius 1 is 1.17 bits per heavy atom. The highest BCUT2D eigenvalue weighted by Crippen LogP contribution is 2.27. The number of carbonyl (C=O) groups is 1. The molecule has 23 heavy (non-hydrogen) atoms. The van der Waals surface area contributed by atoms with Gasteiger partial charge in [-0.3, -0.25) is 4.79 Å². The minimum absolute atomic E-state index is 0.0460. The Balaban J connectivity index is 2.67. The van der Waals surface area contributed by atoms with Crippen molar-refractivity contribution in [2.45, 2.75) is 52.8 Å². The topological polar surface area (TPSA) is 51.2 Å². The highest BCUT2D eigenvalue weighted by molar-refractivity contribution is 5.94. The molecule has 0 aliphatic heterocycles. The van der Waals surface area contributed by atoms with Crippen molar-refractivity contribution in [1.29, 1.82) is 0 Å². The smallest absolute Gasteiger partial charge is 0.422 e. The third-order valence-corrected chi connectivity index (χ3v) is 2.81. The van der Waals surface area contributed by atoms with Gasteiger partial charge in [0, 0.05) is 17.8 Å². The maximum absolute atomic E-state index is 12.2. The van der Waals surface area contributed by atoms with Gasteiger partial charge in [-0.15, -0.1) is 0 Å². The molecule has 0 saturated heterocycles. The summed E-state index contributed by atoms with van der Waals surface area (Å²) >= 11 is 0. The molecule has 1 aromatic heterocycles. The first-order valence-corrected chi connectivity index (χ1v) is 7.26. The summed E-state index contributed by atoms with van der Waals surface area (Å²) in [5.41, 5.74) is -0.100. The first-order chi connectivity index (χ1) is 10.3. The molecule has 0 spiro atoms. The molecule has 0 atom stereocenters. The fourth-order valence-electron chi connectivity index (χ4n) is 2.51. The van der Waals surface area contributed by atoms with Gasteiger partial charge in [0.25, 0.3) is 5.91 Å². The lowest BCUT2D eigenvalue weighted by Gasteiger charge is -2.33. The second kappa shape index (κ2) is 6.76. The predicted molar refractivity (Wildman–Crippen MR) is 81.4 cm³/mol. The molecule has 1 rings (SSSR count). The van der Waals surface area contributed by atoms with Gasteiger partial charge in [0.2, 0.25) is 5.88 Å². The number of alkyl halides is 3. The van der Waals surface area contributed by atoms with Crippen LogP contribution < -0.4 is 10.1 Å². The quantitative estimate of drug-likeness (QED) is 0.888. The molecule has 1 amide bonds. The second-order valence-electron chi connectivity index (χ2n) is 7.36. The van der Waals surface area contributed by atoms with Crippen LogP contribution in [-0.2, 0) is 0 Å². The van der Waals surface area contributed by atoms with Crippen LogP contribution in [0.1, 0.15) is 51.4 Å². The largest absolute Gasteiger partial charge is 0.468 e. The van der Waals surface area contributed by atoms with Crippen molar-refractivity contribution >= 4 is 5.91 Å². The van der Waals surface area contributed by atoms with Crippen LogP contribution in [-0.4, -0.2) is 29.2 Å². The molecule has 0 fully saturated rings. The van der Waals surface area contributed by atoms with Crippen LogP contribution >= 0.6 is 0 Å². The van der Waals surface area contributed by atoms with Crippen LogP contribution in [0.25, 0.3) is 0 Å². The van der Waals surface area contributed by atoms with Gasteiger partial charge in [-0.2, -0.15) is 13.2 Å². The zero-order valence-corrected chi connectivity index (χ0v) is 14.0. The van der Waals surface area contributed by atoms with Crippen LogP contribution in [0.2, 0.25) is 0 Å². The molecule has 1 aromatic rings. The Labute approximate surface area is 134 Å². The van der Waals surface area contributed by atoms with Crippen molar-refractivity contribution in [3.05, 3.63) is 23.9 Å². The van der Waals surface area contributed by atoms with Gasteiger partial charge < -0.3 is 10.1 Å². The number of rotatable bonds is 5. The average molecular weight is 332 g/mol. The fourth-order valence-corrected chi connectivity index (χ4v) is 2.51. The highest BCUT2D eigenvalue weighted by Gasteiger charge is 2.29. The van der Waals surface area contributed by atoms with E-state index in [1.807, 2.05) is 13.8 Å². The minimum atomic E-state index is -4.42.